The molecule has 1 fully saturated rings. The first kappa shape index (κ1) is 19.6. The quantitative estimate of drug-likeness (QED) is 0.276. The van der Waals surface area contributed by atoms with Crippen molar-refractivity contribution in [3.05, 3.63) is 71.1 Å². The third kappa shape index (κ3) is 6.86. The molecule has 2 aromatic carbocycles. The highest BCUT2D eigenvalue weighted by atomic mass is 35.5. The molecule has 0 bridgehead atoms. The maximum absolute atomic E-state index is 5.95. The van der Waals surface area contributed by atoms with Gasteiger partial charge in [0, 0.05) is 15.7 Å². The van der Waals surface area contributed by atoms with Gasteiger partial charge in [0.25, 0.3) is 0 Å². The van der Waals surface area contributed by atoms with Gasteiger partial charge >= 0.3 is 0 Å². The molecular weight excluding hydrogens is 378 g/mol. The Morgan fingerprint density at radius 1 is 1.00 bits per heavy atom. The zero-order valence-corrected chi connectivity index (χ0v) is 17.2. The van der Waals surface area contributed by atoms with Crippen LogP contribution in [0.1, 0.15) is 32.1 Å². The second kappa shape index (κ2) is 10.9. The second-order valence-electron chi connectivity index (χ2n) is 6.48. The first-order valence-corrected chi connectivity index (χ1v) is 11.4. The molecule has 1 saturated carbocycles. The summed E-state index contributed by atoms with van der Waals surface area (Å²) in [7, 11) is 0. The van der Waals surface area contributed by atoms with Crippen molar-refractivity contribution in [3.8, 4) is 0 Å². The minimum absolute atomic E-state index is 0.771. The van der Waals surface area contributed by atoms with Crippen molar-refractivity contribution in [2.45, 2.75) is 37.0 Å². The molecule has 0 spiro atoms. The number of aliphatic imine (C=N–C) groups is 1. The molecule has 0 N–H and O–H groups in total. The van der Waals surface area contributed by atoms with Crippen molar-refractivity contribution >= 4 is 45.9 Å². The molecule has 3 rings (SSSR count). The van der Waals surface area contributed by atoms with Crippen LogP contribution in [0.15, 0.2) is 76.0 Å². The van der Waals surface area contributed by atoms with Crippen LogP contribution in [0.2, 0.25) is 5.02 Å². The average molecular weight is 402 g/mol. The Balaban J connectivity index is 1.64. The Kier molecular flexibility index (Phi) is 8.19. The molecule has 0 unspecified atom stereocenters. The molecule has 0 aromatic heterocycles. The molecule has 0 aliphatic heterocycles. The molecule has 0 heterocycles. The number of thioether (sulfide) groups is 2. The van der Waals surface area contributed by atoms with Crippen LogP contribution in [0.5, 0.6) is 0 Å². The van der Waals surface area contributed by atoms with Crippen LogP contribution in [0.4, 0.5) is 5.69 Å². The maximum atomic E-state index is 5.95. The van der Waals surface area contributed by atoms with Crippen molar-refractivity contribution < 1.29 is 0 Å². The number of benzene rings is 2. The molecule has 1 aliphatic rings. The van der Waals surface area contributed by atoms with Crippen molar-refractivity contribution in [2.75, 3.05) is 5.75 Å². The van der Waals surface area contributed by atoms with Crippen LogP contribution in [0, 0.1) is 5.92 Å². The fourth-order valence-corrected chi connectivity index (χ4v) is 4.92. The third-order valence-electron chi connectivity index (χ3n) is 4.42. The van der Waals surface area contributed by atoms with Gasteiger partial charge in [0.2, 0.25) is 0 Å². The van der Waals surface area contributed by atoms with E-state index in [9.17, 15) is 0 Å². The summed E-state index contributed by atoms with van der Waals surface area (Å²) in [6.45, 7) is 0. The summed E-state index contributed by atoms with van der Waals surface area (Å²) in [5, 5.41) is 3.98. The summed E-state index contributed by atoms with van der Waals surface area (Å²) in [5.74, 6) is 2.01. The topological polar surface area (TPSA) is 12.4 Å². The number of hydrogen-bond donors (Lipinski definition) is 0. The predicted molar refractivity (Wildman–Crippen MR) is 119 cm³/mol. The van der Waals surface area contributed by atoms with Crippen molar-refractivity contribution in [1.82, 2.24) is 0 Å². The summed E-state index contributed by atoms with van der Waals surface area (Å²) in [6, 6.07) is 18.1. The Morgan fingerprint density at radius 2 is 1.73 bits per heavy atom. The van der Waals surface area contributed by atoms with E-state index in [2.05, 4.69) is 23.6 Å². The van der Waals surface area contributed by atoms with E-state index in [1.807, 2.05) is 54.2 Å². The van der Waals surface area contributed by atoms with Crippen molar-refractivity contribution in [1.29, 1.82) is 0 Å². The fraction of sp³-hybridized carbons (Fsp3) is 0.318. The lowest BCUT2D eigenvalue weighted by Crippen LogP contribution is -2.09. The van der Waals surface area contributed by atoms with Gasteiger partial charge in [0.15, 0.2) is 0 Å². The van der Waals surface area contributed by atoms with Crippen LogP contribution in [0.25, 0.3) is 0 Å². The molecule has 136 valence electrons. The summed E-state index contributed by atoms with van der Waals surface area (Å²) in [6.07, 6.45) is 9.06. The number of para-hydroxylation sites is 1. The predicted octanol–water partition coefficient (Wildman–Crippen LogP) is 7.99. The van der Waals surface area contributed by atoms with Crippen LogP contribution in [0.3, 0.4) is 0 Å². The lowest BCUT2D eigenvalue weighted by Gasteiger charge is -2.20. The van der Waals surface area contributed by atoms with Crippen LogP contribution < -0.4 is 0 Å². The summed E-state index contributed by atoms with van der Waals surface area (Å²) in [5.41, 5.74) is 1.01. The summed E-state index contributed by atoms with van der Waals surface area (Å²) < 4.78 is 0. The second-order valence-corrected chi connectivity index (χ2v) is 8.93. The molecule has 0 saturated heterocycles. The van der Waals surface area contributed by atoms with E-state index >= 15 is 0 Å². The third-order valence-corrected chi connectivity index (χ3v) is 6.65. The van der Waals surface area contributed by atoms with Gasteiger partial charge in [-0.25, -0.2) is 4.99 Å². The maximum Gasteiger partial charge on any atom is 0.0972 e. The average Bonchev–Trinajstić information content (AvgIpc) is 2.69. The highest BCUT2D eigenvalue weighted by Gasteiger charge is 2.14. The van der Waals surface area contributed by atoms with Gasteiger partial charge < -0.3 is 0 Å². The van der Waals surface area contributed by atoms with Gasteiger partial charge in [0.1, 0.15) is 0 Å². The highest BCUT2D eigenvalue weighted by molar-refractivity contribution is 8.14. The van der Waals surface area contributed by atoms with E-state index in [4.69, 9.17) is 16.6 Å². The minimum atomic E-state index is 0.771. The largest absolute Gasteiger partial charge is 0.242 e. The Bertz CT molecular complexity index is 720. The van der Waals surface area contributed by atoms with Crippen molar-refractivity contribution in [2.24, 2.45) is 10.9 Å². The summed E-state index contributed by atoms with van der Waals surface area (Å²) in [4.78, 5) is 6.03. The lowest BCUT2D eigenvalue weighted by atomic mass is 9.91. The monoisotopic (exact) mass is 401 g/mol. The molecule has 0 amide bonds. The number of rotatable bonds is 6. The van der Waals surface area contributed by atoms with E-state index in [0.29, 0.717) is 0 Å². The first-order chi connectivity index (χ1) is 12.8. The van der Waals surface area contributed by atoms with Gasteiger partial charge in [-0.15, -0.1) is 11.8 Å². The van der Waals surface area contributed by atoms with Crippen molar-refractivity contribution in [3.63, 3.8) is 0 Å². The Morgan fingerprint density at radius 3 is 2.46 bits per heavy atom. The molecule has 1 nitrogen and oxygen atoms in total. The van der Waals surface area contributed by atoms with E-state index < -0.39 is 0 Å². The van der Waals surface area contributed by atoms with Gasteiger partial charge in [-0.3, -0.25) is 0 Å². The van der Waals surface area contributed by atoms with Crippen LogP contribution in [-0.2, 0) is 0 Å². The minimum Gasteiger partial charge on any atom is -0.242 e. The SMILES string of the molecule is Clc1ccc(SC=CC(=Nc2ccccc2)SCC2CCCCC2)cc1. The number of nitrogens with zero attached hydrogens (tertiary/aromatic N) is 1. The number of hydrogen-bond acceptors (Lipinski definition) is 3. The molecule has 4 heteroatoms. The normalized spacial score (nSPS) is 16.3. The van der Waals surface area contributed by atoms with Gasteiger partial charge in [-0.05, 0) is 66.6 Å². The standard InChI is InChI=1S/C22H24ClNS2/c23-19-11-13-21(14-12-19)25-16-15-22(24-20-9-5-2-6-10-20)26-17-18-7-3-1-4-8-18/h2,5-6,9-16,18H,1,3-4,7-8,17H2. The van der Waals surface area contributed by atoms with E-state index in [-0.39, 0.29) is 0 Å². The lowest BCUT2D eigenvalue weighted by molar-refractivity contribution is 0.391. The zero-order chi connectivity index (χ0) is 18.0. The van der Waals surface area contributed by atoms with Crippen LogP contribution in [-0.4, -0.2) is 10.8 Å². The molecule has 0 atom stereocenters. The molecular formula is C22H24ClNS2. The molecule has 1 aliphatic carbocycles. The summed E-state index contributed by atoms with van der Waals surface area (Å²) >= 11 is 9.54. The van der Waals surface area contributed by atoms with E-state index in [0.717, 1.165) is 21.7 Å². The number of halogens is 1. The van der Waals surface area contributed by atoms with Crippen LogP contribution >= 0.6 is 35.1 Å². The van der Waals surface area contributed by atoms with E-state index in [1.54, 1.807) is 11.8 Å². The molecule has 0 radical (unpaired) electrons. The molecule has 26 heavy (non-hydrogen) atoms. The Labute approximate surface area is 170 Å². The zero-order valence-electron chi connectivity index (χ0n) is 14.8. The van der Waals surface area contributed by atoms with E-state index in [1.165, 1.54) is 42.8 Å². The fourth-order valence-electron chi connectivity index (χ4n) is 2.99. The van der Waals surface area contributed by atoms with Gasteiger partial charge in [-0.2, -0.15) is 0 Å². The first-order valence-electron chi connectivity index (χ1n) is 9.15. The highest BCUT2D eigenvalue weighted by Crippen LogP contribution is 2.29. The smallest absolute Gasteiger partial charge is 0.0972 e. The van der Waals surface area contributed by atoms with Gasteiger partial charge in [-0.1, -0.05) is 60.8 Å². The Hall–Kier alpha value is -1.16. The van der Waals surface area contributed by atoms with Gasteiger partial charge in [0.05, 0.1) is 10.7 Å². The molecule has 2 aromatic rings.